The van der Waals surface area contributed by atoms with E-state index in [4.69, 9.17) is 4.42 Å². The Bertz CT molecular complexity index is 1090. The fourth-order valence-electron chi connectivity index (χ4n) is 2.26. The maximum atomic E-state index is 12.5. The molecule has 24 heavy (non-hydrogen) atoms. The van der Waals surface area contributed by atoms with Crippen molar-refractivity contribution in [2.45, 2.75) is 11.8 Å². The molecule has 0 unspecified atom stereocenters. The van der Waals surface area contributed by atoms with Gasteiger partial charge in [-0.1, -0.05) is 0 Å². The van der Waals surface area contributed by atoms with Crippen LogP contribution in [0.3, 0.4) is 0 Å². The summed E-state index contributed by atoms with van der Waals surface area (Å²) in [5.74, 6) is -0.664. The van der Waals surface area contributed by atoms with Crippen LogP contribution in [0, 0.1) is 0 Å². The number of benzene rings is 2. The third-order valence-electron chi connectivity index (χ3n) is 3.62. The molecule has 0 spiro atoms. The van der Waals surface area contributed by atoms with Gasteiger partial charge in [0, 0.05) is 18.3 Å². The van der Waals surface area contributed by atoms with E-state index in [1.165, 1.54) is 48.9 Å². The number of aromatic nitrogens is 1. The highest BCUT2D eigenvalue weighted by Gasteiger charge is 2.17. The zero-order valence-electron chi connectivity index (χ0n) is 12.9. The van der Waals surface area contributed by atoms with E-state index < -0.39 is 15.8 Å². The quantitative estimate of drug-likeness (QED) is 0.730. The van der Waals surface area contributed by atoms with E-state index >= 15 is 0 Å². The first kappa shape index (κ1) is 16.0. The van der Waals surface area contributed by atoms with Gasteiger partial charge in [-0.3, -0.25) is 14.1 Å². The first-order chi connectivity index (χ1) is 11.3. The summed E-state index contributed by atoms with van der Waals surface area (Å²) >= 11 is 0. The molecule has 8 heteroatoms. The molecule has 0 aliphatic heterocycles. The number of sulfonamides is 1. The smallest absolute Gasteiger partial charge is 0.408 e. The zero-order valence-corrected chi connectivity index (χ0v) is 13.8. The minimum absolute atomic E-state index is 0.00189. The number of nitrogens with zero attached hydrogens (tertiary/aromatic N) is 1. The number of carbonyl (C=O) groups is 1. The van der Waals surface area contributed by atoms with Gasteiger partial charge in [0.2, 0.25) is 0 Å². The van der Waals surface area contributed by atoms with Crippen LogP contribution in [0.15, 0.2) is 56.6 Å². The average Bonchev–Trinajstić information content (AvgIpc) is 2.82. The molecule has 0 aliphatic rings. The van der Waals surface area contributed by atoms with Crippen molar-refractivity contribution < 1.29 is 17.6 Å². The van der Waals surface area contributed by atoms with Crippen LogP contribution in [0.25, 0.3) is 11.1 Å². The third kappa shape index (κ3) is 2.83. The molecule has 0 bridgehead atoms. The summed E-state index contributed by atoms with van der Waals surface area (Å²) in [7, 11) is -2.34. The summed E-state index contributed by atoms with van der Waals surface area (Å²) in [6.45, 7) is 1.43. The Balaban J connectivity index is 1.96. The van der Waals surface area contributed by atoms with Crippen molar-refractivity contribution in [3.63, 3.8) is 0 Å². The third-order valence-corrected chi connectivity index (χ3v) is 5.00. The summed E-state index contributed by atoms with van der Waals surface area (Å²) in [6.07, 6.45) is 0. The Kier molecular flexibility index (Phi) is 3.76. The number of fused-ring (bicyclic) bond motifs is 1. The van der Waals surface area contributed by atoms with E-state index in [0.717, 1.165) is 0 Å². The second kappa shape index (κ2) is 5.64. The number of carbonyl (C=O) groups excluding carboxylic acids is 1. The van der Waals surface area contributed by atoms with Gasteiger partial charge in [-0.05, 0) is 49.4 Å². The number of hydrogen-bond donors (Lipinski definition) is 1. The van der Waals surface area contributed by atoms with E-state index in [1.807, 2.05) is 0 Å². The lowest BCUT2D eigenvalue weighted by Gasteiger charge is -2.08. The van der Waals surface area contributed by atoms with Crippen LogP contribution in [0.1, 0.15) is 17.3 Å². The largest absolute Gasteiger partial charge is 0.419 e. The van der Waals surface area contributed by atoms with E-state index in [2.05, 4.69) is 4.72 Å². The first-order valence-electron chi connectivity index (χ1n) is 7.01. The Hall–Kier alpha value is -2.87. The number of aryl methyl sites for hydroxylation is 1. The fraction of sp³-hybridized carbons (Fsp3) is 0.125. The minimum atomic E-state index is -3.84. The van der Waals surface area contributed by atoms with Gasteiger partial charge < -0.3 is 4.42 Å². The standard InChI is InChI=1S/C16H14N2O5S/c1-10(19)11-3-5-12(6-4-11)17-24(21,22)13-7-8-15-14(9-13)18(2)16(20)23-15/h3-9,17H,1-2H3. The lowest BCUT2D eigenvalue weighted by molar-refractivity contribution is 0.101. The van der Waals surface area contributed by atoms with Gasteiger partial charge in [0.15, 0.2) is 11.4 Å². The molecule has 0 aliphatic carbocycles. The highest BCUT2D eigenvalue weighted by molar-refractivity contribution is 7.92. The van der Waals surface area contributed by atoms with Crippen LogP contribution in [0.2, 0.25) is 0 Å². The highest BCUT2D eigenvalue weighted by Crippen LogP contribution is 2.21. The molecule has 2 aromatic carbocycles. The summed E-state index contributed by atoms with van der Waals surface area (Å²) in [5, 5.41) is 0. The molecular formula is C16H14N2O5S. The number of hydrogen-bond acceptors (Lipinski definition) is 5. The number of Topliss-reactive ketones (excluding diaryl/α,β-unsaturated/α-hetero) is 1. The number of nitrogens with one attached hydrogen (secondary N) is 1. The normalized spacial score (nSPS) is 11.6. The number of oxazole rings is 1. The summed E-state index contributed by atoms with van der Waals surface area (Å²) in [4.78, 5) is 22.7. The van der Waals surface area contributed by atoms with Crippen LogP contribution >= 0.6 is 0 Å². The number of anilines is 1. The van der Waals surface area contributed by atoms with Crippen molar-refractivity contribution in [2.75, 3.05) is 4.72 Å². The van der Waals surface area contributed by atoms with Crippen LogP contribution in [0.5, 0.6) is 0 Å². The van der Waals surface area contributed by atoms with Crippen LogP contribution in [-0.4, -0.2) is 18.8 Å². The molecule has 0 amide bonds. The van der Waals surface area contributed by atoms with E-state index in [-0.39, 0.29) is 10.7 Å². The topological polar surface area (TPSA) is 98.4 Å². The molecule has 7 nitrogen and oxygen atoms in total. The molecule has 1 heterocycles. The van der Waals surface area contributed by atoms with Crippen molar-refractivity contribution in [2.24, 2.45) is 7.05 Å². The zero-order chi connectivity index (χ0) is 17.5. The van der Waals surface area contributed by atoms with Gasteiger partial charge >= 0.3 is 5.76 Å². The second-order valence-electron chi connectivity index (χ2n) is 5.30. The maximum absolute atomic E-state index is 12.5. The number of rotatable bonds is 4. The molecule has 1 N–H and O–H groups in total. The van der Waals surface area contributed by atoms with Crippen molar-refractivity contribution >= 4 is 32.6 Å². The second-order valence-corrected chi connectivity index (χ2v) is 6.98. The predicted molar refractivity (Wildman–Crippen MR) is 88.7 cm³/mol. The maximum Gasteiger partial charge on any atom is 0.419 e. The molecular weight excluding hydrogens is 332 g/mol. The highest BCUT2D eigenvalue weighted by atomic mass is 32.2. The summed E-state index contributed by atoms with van der Waals surface area (Å²) < 4.78 is 33.6. The van der Waals surface area contributed by atoms with Crippen LogP contribution in [0.4, 0.5) is 5.69 Å². The van der Waals surface area contributed by atoms with Crippen LogP contribution < -0.4 is 10.5 Å². The monoisotopic (exact) mass is 346 g/mol. The van der Waals surface area contributed by atoms with Gasteiger partial charge in [0.25, 0.3) is 10.0 Å². The average molecular weight is 346 g/mol. The molecule has 0 saturated heterocycles. The Morgan fingerprint density at radius 1 is 1.12 bits per heavy atom. The van der Waals surface area contributed by atoms with E-state index in [9.17, 15) is 18.0 Å². The minimum Gasteiger partial charge on any atom is -0.408 e. The predicted octanol–water partition coefficient (Wildman–Crippen LogP) is 2.13. The van der Waals surface area contributed by atoms with Crippen LogP contribution in [-0.2, 0) is 17.1 Å². The lowest BCUT2D eigenvalue weighted by atomic mass is 10.1. The van der Waals surface area contributed by atoms with Gasteiger partial charge in [-0.2, -0.15) is 0 Å². The lowest BCUT2D eigenvalue weighted by Crippen LogP contribution is -2.13. The Labute approximate surface area is 137 Å². The molecule has 1 aromatic heterocycles. The Morgan fingerprint density at radius 3 is 2.42 bits per heavy atom. The van der Waals surface area contributed by atoms with E-state index in [0.29, 0.717) is 22.4 Å². The number of ketones is 1. The molecule has 3 aromatic rings. The molecule has 124 valence electrons. The first-order valence-corrected chi connectivity index (χ1v) is 8.50. The van der Waals surface area contributed by atoms with Crippen molar-refractivity contribution in [1.29, 1.82) is 0 Å². The van der Waals surface area contributed by atoms with Gasteiger partial charge in [-0.15, -0.1) is 0 Å². The van der Waals surface area contributed by atoms with Crippen molar-refractivity contribution in [1.82, 2.24) is 4.57 Å². The fourth-order valence-corrected chi connectivity index (χ4v) is 3.34. The van der Waals surface area contributed by atoms with Gasteiger partial charge in [0.1, 0.15) is 0 Å². The van der Waals surface area contributed by atoms with E-state index in [1.54, 1.807) is 12.1 Å². The molecule has 0 fully saturated rings. The van der Waals surface area contributed by atoms with Crippen molar-refractivity contribution in [3.05, 3.63) is 58.6 Å². The summed E-state index contributed by atoms with van der Waals surface area (Å²) in [5.41, 5.74) is 1.52. The SMILES string of the molecule is CC(=O)c1ccc(NS(=O)(=O)c2ccc3oc(=O)n(C)c3c2)cc1. The molecule has 0 atom stereocenters. The summed E-state index contributed by atoms with van der Waals surface area (Å²) in [6, 6.07) is 10.3. The van der Waals surface area contributed by atoms with Gasteiger partial charge in [-0.25, -0.2) is 13.2 Å². The molecule has 0 radical (unpaired) electrons. The molecule has 0 saturated carbocycles. The van der Waals surface area contributed by atoms with Gasteiger partial charge in [0.05, 0.1) is 10.4 Å². The molecule has 3 rings (SSSR count). The van der Waals surface area contributed by atoms with Crippen molar-refractivity contribution in [3.8, 4) is 0 Å². The Morgan fingerprint density at radius 2 is 1.79 bits per heavy atom.